The van der Waals surface area contributed by atoms with E-state index in [-0.39, 0.29) is 0 Å². The maximum Gasteiger partial charge on any atom is 0.0622 e. The topological polar surface area (TPSA) is 24.5 Å². The van der Waals surface area contributed by atoms with Crippen molar-refractivity contribution >= 4 is 0 Å². The Bertz CT molecular complexity index is 295. The van der Waals surface area contributed by atoms with Gasteiger partial charge >= 0.3 is 0 Å². The molecule has 2 heterocycles. The molecule has 1 aliphatic carbocycles. The van der Waals surface area contributed by atoms with Crippen molar-refractivity contribution in [3.8, 4) is 0 Å². The van der Waals surface area contributed by atoms with E-state index in [1.165, 1.54) is 51.6 Å². The number of nitrogens with one attached hydrogen (secondary N) is 1. The van der Waals surface area contributed by atoms with Crippen LogP contribution in [-0.4, -0.2) is 48.8 Å². The van der Waals surface area contributed by atoms with E-state index in [1.807, 2.05) is 0 Å². The third kappa shape index (κ3) is 2.57. The number of ether oxygens (including phenoxy) is 1. The highest BCUT2D eigenvalue weighted by Gasteiger charge is 2.47. The van der Waals surface area contributed by atoms with Gasteiger partial charge in [0.15, 0.2) is 0 Å². The lowest BCUT2D eigenvalue weighted by molar-refractivity contribution is -0.00769. The normalized spacial score (nSPS) is 36.9. The molecule has 2 aliphatic heterocycles. The van der Waals surface area contributed by atoms with Gasteiger partial charge in [-0.3, -0.25) is 4.90 Å². The van der Waals surface area contributed by atoms with Gasteiger partial charge in [-0.2, -0.15) is 0 Å². The summed E-state index contributed by atoms with van der Waals surface area (Å²) in [5.41, 5.74) is 0.461. The molecule has 0 radical (unpaired) electrons. The molecule has 0 amide bonds. The standard InChI is InChI=1S/C16H30N2O/c1-3-13(2)15-10-18(14-6-9-19-11-14)16(12-17-15)7-4-5-8-16/h13-15,17H,3-12H2,1-2H3. The number of piperazine rings is 1. The molecule has 3 unspecified atom stereocenters. The van der Waals surface area contributed by atoms with E-state index in [4.69, 9.17) is 4.74 Å². The van der Waals surface area contributed by atoms with E-state index in [0.717, 1.165) is 19.1 Å². The van der Waals surface area contributed by atoms with E-state index in [1.54, 1.807) is 0 Å². The Balaban J connectivity index is 1.75. The van der Waals surface area contributed by atoms with Gasteiger partial charge in [0.1, 0.15) is 0 Å². The largest absolute Gasteiger partial charge is 0.380 e. The second kappa shape index (κ2) is 5.71. The highest BCUT2D eigenvalue weighted by molar-refractivity contribution is 5.05. The Hall–Kier alpha value is -0.120. The first-order chi connectivity index (χ1) is 9.25. The van der Waals surface area contributed by atoms with Gasteiger partial charge in [-0.05, 0) is 25.2 Å². The van der Waals surface area contributed by atoms with Crippen molar-refractivity contribution in [3.05, 3.63) is 0 Å². The van der Waals surface area contributed by atoms with Gasteiger partial charge in [0.25, 0.3) is 0 Å². The molecular formula is C16H30N2O. The van der Waals surface area contributed by atoms with Crippen LogP contribution in [0.3, 0.4) is 0 Å². The van der Waals surface area contributed by atoms with Gasteiger partial charge in [0, 0.05) is 37.3 Å². The maximum atomic E-state index is 5.67. The van der Waals surface area contributed by atoms with E-state index in [0.29, 0.717) is 17.6 Å². The van der Waals surface area contributed by atoms with Crippen LogP contribution < -0.4 is 5.32 Å². The summed E-state index contributed by atoms with van der Waals surface area (Å²) in [5.74, 6) is 0.781. The maximum absolute atomic E-state index is 5.67. The SMILES string of the molecule is CCC(C)C1CN(C2CCOC2)C2(CCCC2)CN1. The number of hydrogen-bond acceptors (Lipinski definition) is 3. The van der Waals surface area contributed by atoms with Gasteiger partial charge in [-0.1, -0.05) is 33.1 Å². The van der Waals surface area contributed by atoms with E-state index in [2.05, 4.69) is 24.1 Å². The Morgan fingerprint density at radius 3 is 2.79 bits per heavy atom. The van der Waals surface area contributed by atoms with Crippen molar-refractivity contribution in [3.63, 3.8) is 0 Å². The van der Waals surface area contributed by atoms with Gasteiger partial charge in [-0.15, -0.1) is 0 Å². The summed E-state index contributed by atoms with van der Waals surface area (Å²) in [6.45, 7) is 9.10. The van der Waals surface area contributed by atoms with Crippen LogP contribution in [-0.2, 0) is 4.74 Å². The smallest absolute Gasteiger partial charge is 0.0622 e. The highest BCUT2D eigenvalue weighted by Crippen LogP contribution is 2.40. The van der Waals surface area contributed by atoms with Crippen LogP contribution in [0.2, 0.25) is 0 Å². The van der Waals surface area contributed by atoms with Gasteiger partial charge in [-0.25, -0.2) is 0 Å². The second-order valence-electron chi connectivity index (χ2n) is 6.97. The Morgan fingerprint density at radius 2 is 2.16 bits per heavy atom. The fourth-order valence-corrected chi connectivity index (χ4v) is 4.36. The molecule has 3 fully saturated rings. The summed E-state index contributed by atoms with van der Waals surface area (Å²) in [6, 6.07) is 1.36. The van der Waals surface area contributed by atoms with E-state index >= 15 is 0 Å². The van der Waals surface area contributed by atoms with Crippen LogP contribution in [0.5, 0.6) is 0 Å². The monoisotopic (exact) mass is 266 g/mol. The molecule has 19 heavy (non-hydrogen) atoms. The minimum atomic E-state index is 0.461. The predicted octanol–water partition coefficient (Wildman–Crippen LogP) is 2.41. The zero-order valence-electron chi connectivity index (χ0n) is 12.7. The first kappa shape index (κ1) is 13.8. The van der Waals surface area contributed by atoms with Gasteiger partial charge in [0.05, 0.1) is 6.61 Å². The fourth-order valence-electron chi connectivity index (χ4n) is 4.36. The molecule has 3 atom stereocenters. The van der Waals surface area contributed by atoms with Crippen molar-refractivity contribution in [2.24, 2.45) is 5.92 Å². The molecule has 0 aromatic carbocycles. The van der Waals surface area contributed by atoms with Gasteiger partial charge < -0.3 is 10.1 Å². The van der Waals surface area contributed by atoms with Crippen molar-refractivity contribution in [1.82, 2.24) is 10.2 Å². The summed E-state index contributed by atoms with van der Waals surface area (Å²) in [4.78, 5) is 2.86. The molecule has 1 N–H and O–H groups in total. The van der Waals surface area contributed by atoms with Gasteiger partial charge in [0.2, 0.25) is 0 Å². The summed E-state index contributed by atoms with van der Waals surface area (Å²) >= 11 is 0. The second-order valence-corrected chi connectivity index (χ2v) is 6.97. The van der Waals surface area contributed by atoms with E-state index < -0.39 is 0 Å². The molecule has 110 valence electrons. The predicted molar refractivity (Wildman–Crippen MR) is 78.4 cm³/mol. The Labute approximate surface area is 118 Å². The molecule has 3 heteroatoms. The average molecular weight is 266 g/mol. The number of hydrogen-bond donors (Lipinski definition) is 1. The zero-order chi connectivity index (χ0) is 13.3. The zero-order valence-corrected chi connectivity index (χ0v) is 12.7. The first-order valence-corrected chi connectivity index (χ1v) is 8.33. The minimum Gasteiger partial charge on any atom is -0.380 e. The lowest BCUT2D eigenvalue weighted by Gasteiger charge is -2.52. The first-order valence-electron chi connectivity index (χ1n) is 8.33. The lowest BCUT2D eigenvalue weighted by Crippen LogP contribution is -2.67. The Morgan fingerprint density at radius 1 is 1.37 bits per heavy atom. The van der Waals surface area contributed by atoms with E-state index in [9.17, 15) is 0 Å². The van der Waals surface area contributed by atoms with Crippen LogP contribution in [0.1, 0.15) is 52.4 Å². The number of nitrogens with zero attached hydrogens (tertiary/aromatic N) is 1. The summed E-state index contributed by atoms with van der Waals surface area (Å²) in [6.07, 6.45) is 8.14. The summed E-state index contributed by atoms with van der Waals surface area (Å²) in [5, 5.41) is 3.87. The molecule has 3 rings (SSSR count). The lowest BCUT2D eigenvalue weighted by atomic mass is 9.85. The molecule has 0 bridgehead atoms. The Kier molecular flexibility index (Phi) is 4.16. The molecule has 3 nitrogen and oxygen atoms in total. The molecule has 0 aromatic heterocycles. The van der Waals surface area contributed by atoms with Crippen LogP contribution in [0, 0.1) is 5.92 Å². The third-order valence-electron chi connectivity index (χ3n) is 5.91. The van der Waals surface area contributed by atoms with Crippen molar-refractivity contribution < 1.29 is 4.74 Å². The van der Waals surface area contributed by atoms with Crippen molar-refractivity contribution in [2.75, 3.05) is 26.3 Å². The third-order valence-corrected chi connectivity index (χ3v) is 5.91. The van der Waals surface area contributed by atoms with Crippen LogP contribution >= 0.6 is 0 Å². The number of rotatable bonds is 3. The van der Waals surface area contributed by atoms with Crippen LogP contribution in [0.15, 0.2) is 0 Å². The highest BCUT2D eigenvalue weighted by atomic mass is 16.5. The molecule has 1 spiro atoms. The van der Waals surface area contributed by atoms with Crippen molar-refractivity contribution in [2.45, 2.75) is 70.0 Å². The molecule has 2 saturated heterocycles. The van der Waals surface area contributed by atoms with Crippen LogP contribution in [0.25, 0.3) is 0 Å². The summed E-state index contributed by atoms with van der Waals surface area (Å²) in [7, 11) is 0. The minimum absolute atomic E-state index is 0.461. The van der Waals surface area contributed by atoms with Crippen LogP contribution in [0.4, 0.5) is 0 Å². The average Bonchev–Trinajstić information content (AvgIpc) is 3.11. The molecule has 1 saturated carbocycles. The molecular weight excluding hydrogens is 236 g/mol. The van der Waals surface area contributed by atoms with Crippen molar-refractivity contribution in [1.29, 1.82) is 0 Å². The summed E-state index contributed by atoms with van der Waals surface area (Å²) < 4.78 is 5.67. The molecule has 0 aromatic rings. The molecule has 3 aliphatic rings. The quantitative estimate of drug-likeness (QED) is 0.849. The fraction of sp³-hybridized carbons (Fsp3) is 1.00.